The van der Waals surface area contributed by atoms with Crippen LogP contribution in [0.15, 0.2) is 23.8 Å². The maximum absolute atomic E-state index is 11.5. The van der Waals surface area contributed by atoms with Crippen LogP contribution in [0.2, 0.25) is 0 Å². The zero-order chi connectivity index (χ0) is 11.8. The van der Waals surface area contributed by atoms with E-state index in [1.54, 1.807) is 19.1 Å². The number of rotatable bonds is 6. The van der Waals surface area contributed by atoms with E-state index < -0.39 is 0 Å². The summed E-state index contributed by atoms with van der Waals surface area (Å²) in [6.07, 6.45) is 6.78. The highest BCUT2D eigenvalue weighted by atomic mass is 16.1. The summed E-state index contributed by atoms with van der Waals surface area (Å²) in [6.45, 7) is 7.75. The van der Waals surface area contributed by atoms with E-state index in [0.717, 1.165) is 12.0 Å². The monoisotopic (exact) mass is 207 g/mol. The molecule has 1 atom stereocenters. The van der Waals surface area contributed by atoms with Crippen molar-refractivity contribution in [1.82, 2.24) is 0 Å². The van der Waals surface area contributed by atoms with Crippen molar-refractivity contribution in [2.45, 2.75) is 40.5 Å². The van der Waals surface area contributed by atoms with Gasteiger partial charge in [-0.25, -0.2) is 0 Å². The van der Waals surface area contributed by atoms with Gasteiger partial charge in [-0.2, -0.15) is 0 Å². The summed E-state index contributed by atoms with van der Waals surface area (Å²) in [7, 11) is 0. The van der Waals surface area contributed by atoms with Gasteiger partial charge in [0.25, 0.3) is 0 Å². The van der Waals surface area contributed by atoms with Gasteiger partial charge in [-0.15, -0.1) is 0 Å². The maximum atomic E-state index is 11.5. The Kier molecular flexibility index (Phi) is 6.59. The van der Waals surface area contributed by atoms with Gasteiger partial charge in [0.1, 0.15) is 0 Å². The van der Waals surface area contributed by atoms with E-state index in [2.05, 4.69) is 13.8 Å². The van der Waals surface area contributed by atoms with Crippen LogP contribution in [0.4, 0.5) is 0 Å². The summed E-state index contributed by atoms with van der Waals surface area (Å²) < 4.78 is 0. The van der Waals surface area contributed by atoms with Crippen molar-refractivity contribution in [3.8, 4) is 0 Å². The van der Waals surface area contributed by atoms with Crippen molar-refractivity contribution < 1.29 is 4.79 Å². The van der Waals surface area contributed by atoms with Crippen LogP contribution in [-0.2, 0) is 4.79 Å². The Labute approximate surface area is 92.6 Å². The summed E-state index contributed by atoms with van der Waals surface area (Å²) >= 11 is 0. The standard InChI is InChI=1S/C13H21NO/c1-5-10(3)9-13(15)8-7-12(6-2)11(4)14/h6-8,10,14H,5,9H2,1-4H3/b8-7-,12-6-,14-11?. The molecule has 0 aromatic heterocycles. The molecular weight excluding hydrogens is 186 g/mol. The third-order valence-corrected chi connectivity index (χ3v) is 2.44. The van der Waals surface area contributed by atoms with E-state index in [1.807, 2.05) is 13.0 Å². The molecule has 0 saturated heterocycles. The van der Waals surface area contributed by atoms with Gasteiger partial charge in [0.2, 0.25) is 0 Å². The molecule has 2 heteroatoms. The maximum Gasteiger partial charge on any atom is 0.155 e. The Morgan fingerprint density at radius 3 is 2.40 bits per heavy atom. The van der Waals surface area contributed by atoms with Gasteiger partial charge < -0.3 is 5.41 Å². The highest BCUT2D eigenvalue weighted by Gasteiger charge is 2.04. The van der Waals surface area contributed by atoms with Crippen molar-refractivity contribution in [1.29, 1.82) is 5.41 Å². The summed E-state index contributed by atoms with van der Waals surface area (Å²) in [4.78, 5) is 11.5. The minimum Gasteiger partial charge on any atom is -0.305 e. The van der Waals surface area contributed by atoms with E-state index >= 15 is 0 Å². The van der Waals surface area contributed by atoms with Crippen molar-refractivity contribution >= 4 is 11.5 Å². The molecule has 0 aromatic carbocycles. The normalized spacial score (nSPS) is 14.3. The zero-order valence-corrected chi connectivity index (χ0v) is 10.1. The summed E-state index contributed by atoms with van der Waals surface area (Å²) in [5, 5.41) is 7.44. The van der Waals surface area contributed by atoms with Crippen LogP contribution >= 0.6 is 0 Å². The van der Waals surface area contributed by atoms with Crippen LogP contribution < -0.4 is 0 Å². The molecule has 0 rings (SSSR count). The van der Waals surface area contributed by atoms with Crippen LogP contribution in [0.5, 0.6) is 0 Å². The first-order valence-electron chi connectivity index (χ1n) is 5.44. The van der Waals surface area contributed by atoms with Gasteiger partial charge in [-0.1, -0.05) is 26.3 Å². The lowest BCUT2D eigenvalue weighted by Crippen LogP contribution is -2.02. The number of carbonyl (C=O) groups excluding carboxylic acids is 1. The van der Waals surface area contributed by atoms with Gasteiger partial charge in [0, 0.05) is 12.1 Å². The first-order valence-corrected chi connectivity index (χ1v) is 5.44. The van der Waals surface area contributed by atoms with Crippen molar-refractivity contribution in [2.75, 3.05) is 0 Å². The van der Waals surface area contributed by atoms with E-state index in [0.29, 0.717) is 18.1 Å². The zero-order valence-electron chi connectivity index (χ0n) is 10.1. The highest BCUT2D eigenvalue weighted by Crippen LogP contribution is 2.08. The molecule has 0 spiro atoms. The molecule has 0 fully saturated rings. The average molecular weight is 207 g/mol. The second-order valence-electron chi connectivity index (χ2n) is 3.89. The van der Waals surface area contributed by atoms with Gasteiger partial charge in [0.15, 0.2) is 5.78 Å². The fourth-order valence-corrected chi connectivity index (χ4v) is 1.18. The lowest BCUT2D eigenvalue weighted by molar-refractivity contribution is -0.115. The second kappa shape index (κ2) is 7.16. The van der Waals surface area contributed by atoms with E-state index in [-0.39, 0.29) is 5.78 Å². The Morgan fingerprint density at radius 2 is 2.00 bits per heavy atom. The minimum absolute atomic E-state index is 0.143. The lowest BCUT2D eigenvalue weighted by Gasteiger charge is -2.04. The molecule has 0 amide bonds. The molecule has 84 valence electrons. The molecule has 0 aliphatic rings. The van der Waals surface area contributed by atoms with Crippen LogP contribution in [0.3, 0.4) is 0 Å². The second-order valence-corrected chi connectivity index (χ2v) is 3.89. The highest BCUT2D eigenvalue weighted by molar-refractivity contribution is 6.00. The molecule has 2 nitrogen and oxygen atoms in total. The molecule has 0 aromatic rings. The van der Waals surface area contributed by atoms with Crippen molar-refractivity contribution in [3.63, 3.8) is 0 Å². The quantitative estimate of drug-likeness (QED) is 0.404. The molecule has 0 aliphatic heterocycles. The van der Waals surface area contributed by atoms with Crippen molar-refractivity contribution in [2.24, 2.45) is 5.92 Å². The van der Waals surface area contributed by atoms with Crippen LogP contribution in [0.1, 0.15) is 40.5 Å². The average Bonchev–Trinajstić information content (AvgIpc) is 2.17. The van der Waals surface area contributed by atoms with E-state index in [9.17, 15) is 4.79 Å². The summed E-state index contributed by atoms with van der Waals surface area (Å²) in [5.74, 6) is 0.585. The number of allylic oxidation sites excluding steroid dienone is 4. The number of hydrogen-bond acceptors (Lipinski definition) is 2. The molecular formula is C13H21NO. The summed E-state index contributed by atoms with van der Waals surface area (Å²) in [5.41, 5.74) is 1.30. The van der Waals surface area contributed by atoms with E-state index in [4.69, 9.17) is 5.41 Å². The number of nitrogens with one attached hydrogen (secondary N) is 1. The van der Waals surface area contributed by atoms with Gasteiger partial charge >= 0.3 is 0 Å². The molecule has 1 N–H and O–H groups in total. The van der Waals surface area contributed by atoms with E-state index in [1.165, 1.54) is 0 Å². The first kappa shape index (κ1) is 13.8. The third kappa shape index (κ3) is 6.00. The molecule has 0 saturated carbocycles. The number of carbonyl (C=O) groups is 1. The largest absolute Gasteiger partial charge is 0.305 e. The van der Waals surface area contributed by atoms with Gasteiger partial charge in [0.05, 0.1) is 0 Å². The lowest BCUT2D eigenvalue weighted by atomic mass is 10.0. The van der Waals surface area contributed by atoms with Crippen LogP contribution in [0, 0.1) is 11.3 Å². The Bertz CT molecular complexity index is 287. The predicted octanol–water partition coefficient (Wildman–Crippen LogP) is 3.53. The number of hydrogen-bond donors (Lipinski definition) is 1. The molecule has 0 aliphatic carbocycles. The molecule has 0 radical (unpaired) electrons. The Morgan fingerprint density at radius 1 is 1.40 bits per heavy atom. The van der Waals surface area contributed by atoms with Crippen LogP contribution in [-0.4, -0.2) is 11.5 Å². The smallest absolute Gasteiger partial charge is 0.155 e. The molecule has 1 unspecified atom stereocenters. The van der Waals surface area contributed by atoms with Gasteiger partial charge in [-0.05, 0) is 37.5 Å². The third-order valence-electron chi connectivity index (χ3n) is 2.44. The van der Waals surface area contributed by atoms with Gasteiger partial charge in [-0.3, -0.25) is 4.79 Å². The predicted molar refractivity (Wildman–Crippen MR) is 65.4 cm³/mol. The van der Waals surface area contributed by atoms with Crippen LogP contribution in [0.25, 0.3) is 0 Å². The molecule has 0 bridgehead atoms. The summed E-state index contributed by atoms with van der Waals surface area (Å²) in [6, 6.07) is 0. The number of ketones is 1. The minimum atomic E-state index is 0.143. The topological polar surface area (TPSA) is 40.9 Å². The Hall–Kier alpha value is -1.18. The fourth-order valence-electron chi connectivity index (χ4n) is 1.18. The fraction of sp³-hybridized carbons (Fsp3) is 0.538. The first-order chi connectivity index (χ1) is 7.01. The Balaban J connectivity index is 4.28. The van der Waals surface area contributed by atoms with Crippen molar-refractivity contribution in [3.05, 3.63) is 23.8 Å². The molecule has 15 heavy (non-hydrogen) atoms. The SMILES string of the molecule is C/C=C(/C=C\C(=O)CC(C)CC)C(C)=N. The molecule has 0 heterocycles.